The molecule has 1 N–H and O–H groups in total. The van der Waals surface area contributed by atoms with Crippen LogP contribution in [0, 0.1) is 12.3 Å². The van der Waals surface area contributed by atoms with Gasteiger partial charge in [-0.05, 0) is 13.3 Å². The average Bonchev–Trinajstić information content (AvgIpc) is 2.36. The molecule has 0 heterocycles. The van der Waals surface area contributed by atoms with Crippen molar-refractivity contribution in [2.24, 2.45) is 0 Å². The average molecular weight is 251 g/mol. The number of terminal acetylenes is 1. The Kier molecular flexibility index (Phi) is 11.8. The highest BCUT2D eigenvalue weighted by Gasteiger charge is 2.03. The monoisotopic (exact) mass is 251 g/mol. The summed E-state index contributed by atoms with van der Waals surface area (Å²) >= 11 is 0. The Balaban J connectivity index is 3.20. The van der Waals surface area contributed by atoms with E-state index in [0.717, 1.165) is 12.8 Å². The second-order valence-corrected chi connectivity index (χ2v) is 5.03. The number of carbonyl (C=O) groups excluding carboxylic acids is 1. The number of amides is 1. The zero-order chi connectivity index (χ0) is 13.6. The van der Waals surface area contributed by atoms with E-state index in [2.05, 4.69) is 18.2 Å². The molecule has 2 heteroatoms. The zero-order valence-corrected chi connectivity index (χ0v) is 12.1. The van der Waals surface area contributed by atoms with Gasteiger partial charge >= 0.3 is 0 Å². The van der Waals surface area contributed by atoms with Crippen LogP contribution in [-0.2, 0) is 4.79 Å². The van der Waals surface area contributed by atoms with Crippen molar-refractivity contribution in [2.45, 2.75) is 84.1 Å². The van der Waals surface area contributed by atoms with E-state index in [0.29, 0.717) is 6.42 Å². The summed E-state index contributed by atoms with van der Waals surface area (Å²) in [5.74, 6) is 2.59. The third kappa shape index (κ3) is 11.5. The number of nitrogens with one attached hydrogen (secondary N) is 1. The van der Waals surface area contributed by atoms with Gasteiger partial charge in [0.25, 0.3) is 0 Å². The van der Waals surface area contributed by atoms with E-state index >= 15 is 0 Å². The number of unbranched alkanes of at least 4 members (excludes halogenated alkanes) is 8. The summed E-state index contributed by atoms with van der Waals surface area (Å²) in [6.07, 6.45) is 17.3. The summed E-state index contributed by atoms with van der Waals surface area (Å²) in [4.78, 5) is 11.4. The summed E-state index contributed by atoms with van der Waals surface area (Å²) < 4.78 is 0. The largest absolute Gasteiger partial charge is 0.343 e. The van der Waals surface area contributed by atoms with Gasteiger partial charge in [0.05, 0.1) is 6.04 Å². The van der Waals surface area contributed by atoms with Crippen LogP contribution in [0.5, 0.6) is 0 Å². The number of rotatable bonds is 11. The number of hydrogen-bond donors (Lipinski definition) is 1. The van der Waals surface area contributed by atoms with Gasteiger partial charge in [0.1, 0.15) is 0 Å². The molecule has 0 aromatic heterocycles. The fraction of sp³-hybridized carbons (Fsp3) is 0.812. The molecule has 1 unspecified atom stereocenters. The molecule has 104 valence electrons. The van der Waals surface area contributed by atoms with E-state index in [1.54, 1.807) is 0 Å². The highest BCUT2D eigenvalue weighted by atomic mass is 16.1. The van der Waals surface area contributed by atoms with E-state index in [4.69, 9.17) is 6.42 Å². The van der Waals surface area contributed by atoms with E-state index in [-0.39, 0.29) is 11.9 Å². The van der Waals surface area contributed by atoms with Crippen molar-refractivity contribution in [3.63, 3.8) is 0 Å². The molecule has 0 fully saturated rings. The molecule has 0 spiro atoms. The first-order valence-electron chi connectivity index (χ1n) is 7.46. The lowest BCUT2D eigenvalue weighted by molar-refractivity contribution is -0.121. The lowest BCUT2D eigenvalue weighted by Gasteiger charge is -2.07. The van der Waals surface area contributed by atoms with Crippen LogP contribution in [0.1, 0.15) is 78.1 Å². The van der Waals surface area contributed by atoms with Crippen LogP contribution < -0.4 is 5.32 Å². The molecular formula is C16H29NO. The fourth-order valence-corrected chi connectivity index (χ4v) is 1.95. The topological polar surface area (TPSA) is 29.1 Å². The quantitative estimate of drug-likeness (QED) is 0.436. The molecule has 0 saturated carbocycles. The summed E-state index contributed by atoms with van der Waals surface area (Å²) in [6, 6.07) is -0.143. The maximum Gasteiger partial charge on any atom is 0.220 e. The SMILES string of the molecule is C#CC(C)NC(=O)CCCCCCCCCCC. The maximum absolute atomic E-state index is 11.4. The van der Waals surface area contributed by atoms with Gasteiger partial charge < -0.3 is 5.32 Å². The maximum atomic E-state index is 11.4. The first-order chi connectivity index (χ1) is 8.70. The van der Waals surface area contributed by atoms with Crippen LogP contribution >= 0.6 is 0 Å². The Labute approximate surface area is 113 Å². The summed E-state index contributed by atoms with van der Waals surface area (Å²) in [5.41, 5.74) is 0. The second kappa shape index (κ2) is 12.5. The van der Waals surface area contributed by atoms with Crippen molar-refractivity contribution >= 4 is 5.91 Å². The highest BCUT2D eigenvalue weighted by Crippen LogP contribution is 2.10. The zero-order valence-electron chi connectivity index (χ0n) is 12.1. The standard InChI is InChI=1S/C16H29NO/c1-4-6-7-8-9-10-11-12-13-14-16(18)17-15(3)5-2/h2,15H,4,6-14H2,1,3H3,(H,17,18). The molecule has 1 amide bonds. The molecule has 2 nitrogen and oxygen atoms in total. The number of hydrogen-bond acceptors (Lipinski definition) is 1. The highest BCUT2D eigenvalue weighted by molar-refractivity contribution is 5.76. The normalized spacial score (nSPS) is 11.8. The number of carbonyl (C=O) groups is 1. The van der Waals surface area contributed by atoms with Gasteiger partial charge in [-0.25, -0.2) is 0 Å². The minimum absolute atomic E-state index is 0.0865. The Bertz CT molecular complexity index is 242. The Morgan fingerprint density at radius 2 is 1.56 bits per heavy atom. The van der Waals surface area contributed by atoms with E-state index in [1.165, 1.54) is 44.9 Å². The minimum Gasteiger partial charge on any atom is -0.343 e. The molecule has 1 atom stereocenters. The lowest BCUT2D eigenvalue weighted by atomic mass is 10.1. The van der Waals surface area contributed by atoms with Crippen molar-refractivity contribution in [1.29, 1.82) is 0 Å². The van der Waals surface area contributed by atoms with Crippen LogP contribution in [0.25, 0.3) is 0 Å². The summed E-state index contributed by atoms with van der Waals surface area (Å²) in [6.45, 7) is 4.07. The van der Waals surface area contributed by atoms with Crippen LogP contribution in [0.3, 0.4) is 0 Å². The van der Waals surface area contributed by atoms with Gasteiger partial charge in [0.2, 0.25) is 5.91 Å². The predicted octanol–water partition coefficient (Wildman–Crippen LogP) is 4.05. The van der Waals surface area contributed by atoms with Crippen LogP contribution in [0.4, 0.5) is 0 Å². The fourth-order valence-electron chi connectivity index (χ4n) is 1.95. The van der Waals surface area contributed by atoms with Crippen LogP contribution in [0.15, 0.2) is 0 Å². The molecule has 0 aromatic rings. The van der Waals surface area contributed by atoms with Crippen molar-refractivity contribution < 1.29 is 4.79 Å². The Morgan fingerprint density at radius 3 is 2.06 bits per heavy atom. The third-order valence-electron chi connectivity index (χ3n) is 3.13. The van der Waals surface area contributed by atoms with E-state index in [9.17, 15) is 4.79 Å². The van der Waals surface area contributed by atoms with Crippen LogP contribution in [0.2, 0.25) is 0 Å². The van der Waals surface area contributed by atoms with Crippen molar-refractivity contribution in [3.8, 4) is 12.3 Å². The third-order valence-corrected chi connectivity index (χ3v) is 3.13. The van der Waals surface area contributed by atoms with Gasteiger partial charge in [-0.2, -0.15) is 0 Å². The smallest absolute Gasteiger partial charge is 0.220 e. The van der Waals surface area contributed by atoms with Gasteiger partial charge in [0, 0.05) is 6.42 Å². The molecule has 0 aliphatic heterocycles. The van der Waals surface area contributed by atoms with Gasteiger partial charge in [-0.3, -0.25) is 4.79 Å². The molecule has 0 saturated heterocycles. The van der Waals surface area contributed by atoms with E-state index in [1.807, 2.05) is 6.92 Å². The predicted molar refractivity (Wildman–Crippen MR) is 78.3 cm³/mol. The van der Waals surface area contributed by atoms with Crippen molar-refractivity contribution in [3.05, 3.63) is 0 Å². The van der Waals surface area contributed by atoms with Crippen molar-refractivity contribution in [1.82, 2.24) is 5.32 Å². The molecule has 0 aliphatic carbocycles. The van der Waals surface area contributed by atoms with Gasteiger partial charge in [-0.1, -0.05) is 64.2 Å². The van der Waals surface area contributed by atoms with E-state index < -0.39 is 0 Å². The molecule has 0 bridgehead atoms. The Hall–Kier alpha value is -0.970. The first-order valence-corrected chi connectivity index (χ1v) is 7.46. The first kappa shape index (κ1) is 17.0. The molecule has 0 aromatic carbocycles. The van der Waals surface area contributed by atoms with Crippen LogP contribution in [-0.4, -0.2) is 11.9 Å². The summed E-state index contributed by atoms with van der Waals surface area (Å²) in [7, 11) is 0. The molecule has 0 aliphatic rings. The van der Waals surface area contributed by atoms with Gasteiger partial charge in [-0.15, -0.1) is 6.42 Å². The molecule has 18 heavy (non-hydrogen) atoms. The molecule has 0 rings (SSSR count). The Morgan fingerprint density at radius 1 is 1.06 bits per heavy atom. The molecule has 0 radical (unpaired) electrons. The van der Waals surface area contributed by atoms with Crippen molar-refractivity contribution in [2.75, 3.05) is 0 Å². The minimum atomic E-state index is -0.143. The summed E-state index contributed by atoms with van der Waals surface area (Å²) in [5, 5.41) is 2.78. The second-order valence-electron chi connectivity index (χ2n) is 5.03. The molecular weight excluding hydrogens is 222 g/mol. The van der Waals surface area contributed by atoms with Gasteiger partial charge in [0.15, 0.2) is 0 Å². The lowest BCUT2D eigenvalue weighted by Crippen LogP contribution is -2.30.